The summed E-state index contributed by atoms with van der Waals surface area (Å²) in [7, 11) is 0. The Labute approximate surface area is 104 Å². The fourth-order valence-electron chi connectivity index (χ4n) is 1.87. The molecule has 4 N–H and O–H groups in total. The topological polar surface area (TPSA) is 110 Å². The van der Waals surface area contributed by atoms with Gasteiger partial charge in [0.25, 0.3) is 5.69 Å². The molecule has 0 spiro atoms. The Balaban J connectivity index is 2.05. The molecule has 1 amide bonds. The van der Waals surface area contributed by atoms with E-state index in [0.29, 0.717) is 24.3 Å². The summed E-state index contributed by atoms with van der Waals surface area (Å²) in [5.41, 5.74) is 6.71. The Morgan fingerprint density at radius 3 is 2.83 bits per heavy atom. The number of nitro benzene ring substituents is 1. The van der Waals surface area contributed by atoms with Crippen LogP contribution in [-0.4, -0.2) is 23.4 Å². The molecule has 0 aromatic heterocycles. The molecular formula is C11H14N4O3. The summed E-state index contributed by atoms with van der Waals surface area (Å²) in [6.07, 6.45) is 1.20. The number of hydrogen-bond donors (Lipinski definition) is 3. The number of piperidine rings is 1. The van der Waals surface area contributed by atoms with Crippen LogP contribution in [0.4, 0.5) is 17.1 Å². The second-order valence-electron chi connectivity index (χ2n) is 4.21. The summed E-state index contributed by atoms with van der Waals surface area (Å²) in [5.74, 6) is 0.0460. The predicted octanol–water partition coefficient (Wildman–Crippen LogP) is 0.867. The number of nitrogens with zero attached hydrogens (tertiary/aromatic N) is 1. The molecule has 1 unspecified atom stereocenters. The monoisotopic (exact) mass is 250 g/mol. The molecule has 0 aliphatic carbocycles. The first kappa shape index (κ1) is 12.2. The van der Waals surface area contributed by atoms with E-state index in [4.69, 9.17) is 5.73 Å². The van der Waals surface area contributed by atoms with Gasteiger partial charge in [0.05, 0.1) is 16.3 Å². The van der Waals surface area contributed by atoms with Gasteiger partial charge in [0.15, 0.2) is 0 Å². The lowest BCUT2D eigenvalue weighted by Gasteiger charge is -2.25. The van der Waals surface area contributed by atoms with Gasteiger partial charge < -0.3 is 16.4 Å². The van der Waals surface area contributed by atoms with E-state index in [2.05, 4.69) is 10.6 Å². The van der Waals surface area contributed by atoms with Crippen molar-refractivity contribution in [3.05, 3.63) is 28.3 Å². The second-order valence-corrected chi connectivity index (χ2v) is 4.21. The maximum absolute atomic E-state index is 11.0. The Morgan fingerprint density at radius 2 is 2.28 bits per heavy atom. The van der Waals surface area contributed by atoms with Crippen LogP contribution in [0.2, 0.25) is 0 Å². The van der Waals surface area contributed by atoms with Gasteiger partial charge in [-0.25, -0.2) is 0 Å². The van der Waals surface area contributed by atoms with Crippen LogP contribution in [0.1, 0.15) is 12.8 Å². The quantitative estimate of drug-likeness (QED) is 0.419. The lowest BCUT2D eigenvalue weighted by Crippen LogP contribution is -2.41. The number of carbonyl (C=O) groups is 1. The number of amides is 1. The largest absolute Gasteiger partial charge is 0.397 e. The molecule has 1 aliphatic heterocycles. The average Bonchev–Trinajstić information content (AvgIpc) is 2.34. The fourth-order valence-corrected chi connectivity index (χ4v) is 1.87. The number of nitrogens with one attached hydrogen (secondary N) is 2. The first-order chi connectivity index (χ1) is 8.56. The van der Waals surface area contributed by atoms with Crippen molar-refractivity contribution in [2.75, 3.05) is 17.6 Å². The van der Waals surface area contributed by atoms with Crippen LogP contribution >= 0.6 is 0 Å². The first-order valence-electron chi connectivity index (χ1n) is 5.63. The number of non-ortho nitro benzene ring substituents is 1. The summed E-state index contributed by atoms with van der Waals surface area (Å²) in [6.45, 7) is 0.537. The summed E-state index contributed by atoms with van der Waals surface area (Å²) in [6, 6.07) is 4.42. The molecular weight excluding hydrogens is 236 g/mol. The zero-order valence-corrected chi connectivity index (χ0v) is 9.68. The van der Waals surface area contributed by atoms with Crippen molar-refractivity contribution in [3.8, 4) is 0 Å². The summed E-state index contributed by atoms with van der Waals surface area (Å²) in [5, 5.41) is 16.5. The Morgan fingerprint density at radius 1 is 1.50 bits per heavy atom. The highest BCUT2D eigenvalue weighted by Gasteiger charge is 2.18. The van der Waals surface area contributed by atoms with Crippen LogP contribution in [-0.2, 0) is 4.79 Å². The van der Waals surface area contributed by atoms with E-state index in [-0.39, 0.29) is 17.6 Å². The summed E-state index contributed by atoms with van der Waals surface area (Å²) in [4.78, 5) is 21.1. The minimum atomic E-state index is -0.485. The minimum absolute atomic E-state index is 0.0324. The number of anilines is 2. The number of carbonyl (C=O) groups excluding carboxylic acids is 1. The normalized spacial score (nSPS) is 19.1. The lowest BCUT2D eigenvalue weighted by atomic mass is 10.1. The van der Waals surface area contributed by atoms with Gasteiger partial charge in [0.1, 0.15) is 0 Å². The number of nitrogens with two attached hydrogens (primary N) is 1. The minimum Gasteiger partial charge on any atom is -0.397 e. The van der Waals surface area contributed by atoms with Gasteiger partial charge in [-0.1, -0.05) is 0 Å². The molecule has 18 heavy (non-hydrogen) atoms. The van der Waals surface area contributed by atoms with Crippen LogP contribution < -0.4 is 16.4 Å². The molecule has 1 aromatic rings. The molecule has 0 saturated carbocycles. The predicted molar refractivity (Wildman–Crippen MR) is 67.2 cm³/mol. The van der Waals surface area contributed by atoms with Gasteiger partial charge in [0.2, 0.25) is 5.91 Å². The molecule has 1 heterocycles. The van der Waals surface area contributed by atoms with E-state index in [9.17, 15) is 14.9 Å². The third-order valence-electron chi connectivity index (χ3n) is 2.87. The maximum atomic E-state index is 11.0. The summed E-state index contributed by atoms with van der Waals surface area (Å²) < 4.78 is 0. The van der Waals surface area contributed by atoms with Crippen LogP contribution in [0.3, 0.4) is 0 Å². The SMILES string of the molecule is Nc1cc([N+](=O)[O-])ccc1NC1CCC(=O)NC1. The Hall–Kier alpha value is -2.31. The van der Waals surface area contributed by atoms with Gasteiger partial charge in [-0.2, -0.15) is 0 Å². The molecule has 1 fully saturated rings. The van der Waals surface area contributed by atoms with Gasteiger partial charge in [-0.05, 0) is 12.5 Å². The van der Waals surface area contributed by atoms with Gasteiger partial charge >= 0.3 is 0 Å². The third kappa shape index (κ3) is 2.68. The van der Waals surface area contributed by atoms with Crippen LogP contribution in [0.25, 0.3) is 0 Å². The molecule has 1 saturated heterocycles. The lowest BCUT2D eigenvalue weighted by molar-refractivity contribution is -0.384. The van der Waals surface area contributed by atoms with Crippen LogP contribution in [0.5, 0.6) is 0 Å². The Bertz CT molecular complexity index is 479. The van der Waals surface area contributed by atoms with Crippen molar-refractivity contribution in [3.63, 3.8) is 0 Å². The fraction of sp³-hybridized carbons (Fsp3) is 0.364. The third-order valence-corrected chi connectivity index (χ3v) is 2.87. The van der Waals surface area contributed by atoms with E-state index in [0.717, 1.165) is 6.42 Å². The molecule has 96 valence electrons. The molecule has 7 heteroatoms. The van der Waals surface area contributed by atoms with Crippen molar-refractivity contribution < 1.29 is 9.72 Å². The van der Waals surface area contributed by atoms with Crippen LogP contribution in [0.15, 0.2) is 18.2 Å². The molecule has 0 radical (unpaired) electrons. The number of benzene rings is 1. The maximum Gasteiger partial charge on any atom is 0.271 e. The highest BCUT2D eigenvalue weighted by atomic mass is 16.6. The molecule has 2 rings (SSSR count). The van der Waals surface area contributed by atoms with Crippen molar-refractivity contribution in [1.29, 1.82) is 0 Å². The molecule has 1 aromatic carbocycles. The molecule has 7 nitrogen and oxygen atoms in total. The van der Waals surface area contributed by atoms with Gasteiger partial charge in [-0.3, -0.25) is 14.9 Å². The zero-order chi connectivity index (χ0) is 13.1. The molecule has 1 aliphatic rings. The van der Waals surface area contributed by atoms with Crippen molar-refractivity contribution in [2.45, 2.75) is 18.9 Å². The second kappa shape index (κ2) is 4.91. The van der Waals surface area contributed by atoms with Crippen molar-refractivity contribution in [1.82, 2.24) is 5.32 Å². The van der Waals surface area contributed by atoms with Gasteiger partial charge in [0, 0.05) is 31.1 Å². The van der Waals surface area contributed by atoms with E-state index in [1.165, 1.54) is 12.1 Å². The molecule has 0 bridgehead atoms. The van der Waals surface area contributed by atoms with Crippen LogP contribution in [0, 0.1) is 10.1 Å². The first-order valence-corrected chi connectivity index (χ1v) is 5.63. The molecule has 1 atom stereocenters. The average molecular weight is 250 g/mol. The summed E-state index contributed by atoms with van der Waals surface area (Å²) >= 11 is 0. The standard InChI is InChI=1S/C11H14N4O3/c12-9-5-8(15(17)18)2-3-10(9)14-7-1-4-11(16)13-6-7/h2-3,5,7,14H,1,4,6,12H2,(H,13,16). The van der Waals surface area contributed by atoms with E-state index >= 15 is 0 Å². The van der Waals surface area contributed by atoms with E-state index in [1.54, 1.807) is 6.07 Å². The number of rotatable bonds is 3. The van der Waals surface area contributed by atoms with Gasteiger partial charge in [-0.15, -0.1) is 0 Å². The number of nitrogen functional groups attached to an aromatic ring is 1. The Kier molecular flexibility index (Phi) is 3.31. The van der Waals surface area contributed by atoms with Crippen molar-refractivity contribution >= 4 is 23.0 Å². The highest BCUT2D eigenvalue weighted by Crippen LogP contribution is 2.25. The zero-order valence-electron chi connectivity index (χ0n) is 9.68. The highest BCUT2D eigenvalue weighted by molar-refractivity contribution is 5.77. The van der Waals surface area contributed by atoms with E-state index in [1.807, 2.05) is 0 Å². The number of nitro groups is 1. The number of hydrogen-bond acceptors (Lipinski definition) is 5. The van der Waals surface area contributed by atoms with Crippen molar-refractivity contribution in [2.24, 2.45) is 0 Å². The van der Waals surface area contributed by atoms with E-state index < -0.39 is 4.92 Å². The smallest absolute Gasteiger partial charge is 0.271 e.